The van der Waals surface area contributed by atoms with Crippen LogP contribution in [0.2, 0.25) is 0 Å². The third-order valence-electron chi connectivity index (χ3n) is 6.35. The van der Waals surface area contributed by atoms with E-state index in [1.165, 1.54) is 18.3 Å². The monoisotopic (exact) mass is 421 g/mol. The lowest BCUT2D eigenvalue weighted by molar-refractivity contribution is -0.144. The number of rotatable bonds is 4. The van der Waals surface area contributed by atoms with E-state index >= 15 is 0 Å². The zero-order valence-corrected chi connectivity index (χ0v) is 17.2. The maximum Gasteiger partial charge on any atom is 0.255 e. The van der Waals surface area contributed by atoms with Crippen molar-refractivity contribution in [3.8, 4) is 0 Å². The van der Waals surface area contributed by atoms with Gasteiger partial charge in [-0.25, -0.2) is 4.39 Å². The molecule has 2 unspecified atom stereocenters. The smallest absolute Gasteiger partial charge is 0.255 e. The summed E-state index contributed by atoms with van der Waals surface area (Å²) in [5.74, 6) is -0.0997. The first-order valence-electron chi connectivity index (χ1n) is 10.5. The number of fused-ring (bicyclic) bond motifs is 1. The summed E-state index contributed by atoms with van der Waals surface area (Å²) >= 11 is 0. The van der Waals surface area contributed by atoms with Gasteiger partial charge in [0.15, 0.2) is 0 Å². The van der Waals surface area contributed by atoms with E-state index in [4.69, 9.17) is 5.73 Å². The molecule has 0 bridgehead atoms. The molecule has 8 heteroatoms. The molecule has 3 aliphatic heterocycles. The van der Waals surface area contributed by atoms with Crippen molar-refractivity contribution < 1.29 is 14.0 Å². The number of halogens is 1. The lowest BCUT2D eigenvalue weighted by Crippen LogP contribution is -2.62. The number of carbonyl (C=O) groups excluding carboxylic acids is 2. The Morgan fingerprint density at radius 2 is 2.00 bits per heavy atom. The lowest BCUT2D eigenvalue weighted by atomic mass is 9.91. The van der Waals surface area contributed by atoms with E-state index in [1.54, 1.807) is 30.2 Å². The van der Waals surface area contributed by atoms with Crippen LogP contribution in [-0.4, -0.2) is 71.9 Å². The summed E-state index contributed by atoms with van der Waals surface area (Å²) in [4.78, 5) is 37.8. The Hall–Kier alpha value is -3.13. The Morgan fingerprint density at radius 3 is 2.71 bits per heavy atom. The van der Waals surface area contributed by atoms with E-state index in [1.807, 2.05) is 11.0 Å². The van der Waals surface area contributed by atoms with E-state index < -0.39 is 12.2 Å². The number of benzene rings is 1. The van der Waals surface area contributed by atoms with Gasteiger partial charge in [0.1, 0.15) is 18.0 Å². The molecule has 31 heavy (non-hydrogen) atoms. The van der Waals surface area contributed by atoms with E-state index in [2.05, 4.69) is 9.98 Å². The number of nitrogens with zero attached hydrogens (tertiary/aromatic N) is 4. The second-order valence-corrected chi connectivity index (χ2v) is 8.53. The number of hydrogen-bond donors (Lipinski definition) is 1. The molecule has 4 aliphatic rings. The summed E-state index contributed by atoms with van der Waals surface area (Å²) in [6.07, 6.45) is 6.48. The summed E-state index contributed by atoms with van der Waals surface area (Å²) in [6, 6.07) is 5.69. The van der Waals surface area contributed by atoms with Crippen LogP contribution in [0.5, 0.6) is 0 Å². The number of likely N-dealkylation sites (tertiary alicyclic amines) is 1. The van der Waals surface area contributed by atoms with Gasteiger partial charge in [-0.15, -0.1) is 0 Å². The highest BCUT2D eigenvalue weighted by atomic mass is 19.1. The van der Waals surface area contributed by atoms with Gasteiger partial charge in [-0.1, -0.05) is 18.2 Å². The number of allylic oxidation sites excluding steroid dienone is 1. The second-order valence-electron chi connectivity index (χ2n) is 8.53. The van der Waals surface area contributed by atoms with Gasteiger partial charge in [-0.05, 0) is 36.6 Å². The van der Waals surface area contributed by atoms with Gasteiger partial charge in [-0.2, -0.15) is 0 Å². The SMILES string of the molecule is CN(C(=O)C1=C2C=CC(c3cccc(F)c3)=NC2C(N)N=C1)C1CN(C(=O)C2CC2)C1. The summed E-state index contributed by atoms with van der Waals surface area (Å²) < 4.78 is 13.6. The summed E-state index contributed by atoms with van der Waals surface area (Å²) in [6.45, 7) is 1.13. The highest BCUT2D eigenvalue weighted by Gasteiger charge is 2.42. The first-order valence-corrected chi connectivity index (χ1v) is 10.5. The minimum absolute atomic E-state index is 0.00956. The topological polar surface area (TPSA) is 91.4 Å². The largest absolute Gasteiger partial charge is 0.338 e. The molecule has 1 saturated carbocycles. The average Bonchev–Trinajstić information content (AvgIpc) is 3.57. The fourth-order valence-electron chi connectivity index (χ4n) is 4.18. The summed E-state index contributed by atoms with van der Waals surface area (Å²) in [5, 5.41) is 0. The zero-order chi connectivity index (χ0) is 21.7. The molecule has 7 nitrogen and oxygen atoms in total. The third kappa shape index (κ3) is 3.61. The molecule has 0 radical (unpaired) electrons. The molecule has 1 aliphatic carbocycles. The van der Waals surface area contributed by atoms with Crippen LogP contribution in [0.15, 0.2) is 57.5 Å². The van der Waals surface area contributed by atoms with Gasteiger partial charge < -0.3 is 15.5 Å². The third-order valence-corrected chi connectivity index (χ3v) is 6.35. The van der Waals surface area contributed by atoms with Gasteiger partial charge in [0.05, 0.1) is 17.3 Å². The maximum absolute atomic E-state index is 13.6. The molecule has 2 fully saturated rings. The fraction of sp³-hybridized carbons (Fsp3) is 0.391. The van der Waals surface area contributed by atoms with Crippen molar-refractivity contribution in [2.24, 2.45) is 21.6 Å². The van der Waals surface area contributed by atoms with E-state index in [9.17, 15) is 14.0 Å². The van der Waals surface area contributed by atoms with Crippen molar-refractivity contribution in [1.82, 2.24) is 9.80 Å². The molecule has 3 heterocycles. The molecule has 2 atom stereocenters. The molecule has 160 valence electrons. The number of nitrogens with two attached hydrogens (primary N) is 1. The van der Waals surface area contributed by atoms with Crippen molar-refractivity contribution in [2.75, 3.05) is 20.1 Å². The molecule has 1 aromatic rings. The van der Waals surface area contributed by atoms with Crippen LogP contribution in [0.3, 0.4) is 0 Å². The number of likely N-dealkylation sites (N-methyl/N-ethyl adjacent to an activating group) is 1. The van der Waals surface area contributed by atoms with E-state index in [0.29, 0.717) is 35.5 Å². The Kier molecular flexibility index (Phi) is 4.81. The maximum atomic E-state index is 13.6. The highest BCUT2D eigenvalue weighted by Crippen LogP contribution is 2.33. The van der Waals surface area contributed by atoms with E-state index in [0.717, 1.165) is 12.8 Å². The zero-order valence-electron chi connectivity index (χ0n) is 17.2. The lowest BCUT2D eigenvalue weighted by Gasteiger charge is -2.44. The molecular formula is C23H24FN5O2. The van der Waals surface area contributed by atoms with Crippen molar-refractivity contribution in [1.29, 1.82) is 0 Å². The second kappa shape index (κ2) is 7.53. The standard InChI is InChI=1S/C23H24FN5O2/c1-28(16-11-29(12-16)22(30)13-5-6-13)23(31)18-10-26-21(25)20-17(18)7-8-19(27-20)14-3-2-4-15(24)9-14/h2-4,7-10,13,16,20-21H,5-6,11-12,25H2,1H3. The van der Waals surface area contributed by atoms with Gasteiger partial charge in [0.25, 0.3) is 5.91 Å². The van der Waals surface area contributed by atoms with Crippen molar-refractivity contribution in [3.05, 3.63) is 58.9 Å². The van der Waals surface area contributed by atoms with Gasteiger partial charge in [-0.3, -0.25) is 19.6 Å². The van der Waals surface area contributed by atoms with Crippen LogP contribution in [0, 0.1) is 11.7 Å². The predicted molar refractivity (Wildman–Crippen MR) is 115 cm³/mol. The van der Waals surface area contributed by atoms with Crippen LogP contribution < -0.4 is 5.73 Å². The number of amides is 2. The van der Waals surface area contributed by atoms with Crippen LogP contribution >= 0.6 is 0 Å². The molecule has 0 aromatic heterocycles. The number of aliphatic imine (C=N–C) groups is 2. The van der Waals surface area contributed by atoms with Crippen molar-refractivity contribution in [3.63, 3.8) is 0 Å². The van der Waals surface area contributed by atoms with Crippen LogP contribution in [0.1, 0.15) is 18.4 Å². The van der Waals surface area contributed by atoms with Crippen LogP contribution in [-0.2, 0) is 9.59 Å². The first-order chi connectivity index (χ1) is 14.9. The number of hydrogen-bond acceptors (Lipinski definition) is 5. The quantitative estimate of drug-likeness (QED) is 0.794. The predicted octanol–water partition coefficient (Wildman–Crippen LogP) is 1.30. The number of dihydropyridines is 2. The molecule has 1 saturated heterocycles. The molecule has 5 rings (SSSR count). The minimum Gasteiger partial charge on any atom is -0.338 e. The Bertz CT molecular complexity index is 1070. The average molecular weight is 421 g/mol. The van der Waals surface area contributed by atoms with Crippen LogP contribution in [0.4, 0.5) is 4.39 Å². The highest BCUT2D eigenvalue weighted by molar-refractivity contribution is 6.16. The van der Waals surface area contributed by atoms with Crippen LogP contribution in [0.25, 0.3) is 0 Å². The van der Waals surface area contributed by atoms with Gasteiger partial charge in [0.2, 0.25) is 5.91 Å². The molecule has 0 spiro atoms. The Morgan fingerprint density at radius 1 is 1.23 bits per heavy atom. The van der Waals surface area contributed by atoms with Crippen molar-refractivity contribution in [2.45, 2.75) is 31.1 Å². The van der Waals surface area contributed by atoms with E-state index in [-0.39, 0.29) is 29.6 Å². The Balaban J connectivity index is 1.34. The van der Waals surface area contributed by atoms with Crippen molar-refractivity contribution >= 4 is 23.7 Å². The molecular weight excluding hydrogens is 397 g/mol. The molecule has 2 N–H and O–H groups in total. The Labute approximate surface area is 179 Å². The molecule has 2 amide bonds. The minimum atomic E-state index is -0.610. The van der Waals surface area contributed by atoms with Gasteiger partial charge >= 0.3 is 0 Å². The fourth-order valence-corrected chi connectivity index (χ4v) is 4.18. The normalized spacial score (nSPS) is 25.1. The number of carbonyl (C=O) groups is 2. The first kappa shape index (κ1) is 19.8. The summed E-state index contributed by atoms with van der Waals surface area (Å²) in [5.41, 5.74) is 8.59. The summed E-state index contributed by atoms with van der Waals surface area (Å²) in [7, 11) is 1.75. The molecule has 1 aromatic carbocycles. The van der Waals surface area contributed by atoms with Gasteiger partial charge in [0, 0.05) is 37.8 Å².